The smallest absolute Gasteiger partial charge is 0.140 e. The van der Waals surface area contributed by atoms with Crippen molar-refractivity contribution in [2.24, 2.45) is 0 Å². The molecule has 1 aromatic heterocycles. The van der Waals surface area contributed by atoms with Crippen LogP contribution in [0.4, 0.5) is 10.2 Å². The molecule has 0 saturated carbocycles. The zero-order chi connectivity index (χ0) is 14.9. The normalized spacial score (nSPS) is 11.3. The Morgan fingerprint density at radius 2 is 2.00 bits per heavy atom. The minimum absolute atomic E-state index is 0.212. The number of hydrogen-bond acceptors (Lipinski definition) is 3. The van der Waals surface area contributed by atoms with Crippen molar-refractivity contribution in [3.63, 3.8) is 0 Å². The standard InChI is InChI=1S/C15H17FN4/c1-15(2,3)13-11(8-17)14(18)20(19-13)9-10-6-4-5-7-12(10)16/h4-7H,9,18H2,1-3H3. The van der Waals surface area contributed by atoms with Gasteiger partial charge in [0, 0.05) is 11.0 Å². The zero-order valence-electron chi connectivity index (χ0n) is 11.8. The molecule has 1 aromatic carbocycles. The van der Waals surface area contributed by atoms with Crippen LogP contribution in [0.3, 0.4) is 0 Å². The molecular weight excluding hydrogens is 255 g/mol. The van der Waals surface area contributed by atoms with Crippen LogP contribution in [-0.4, -0.2) is 9.78 Å². The van der Waals surface area contributed by atoms with Gasteiger partial charge >= 0.3 is 0 Å². The highest BCUT2D eigenvalue weighted by molar-refractivity contribution is 5.54. The monoisotopic (exact) mass is 272 g/mol. The third-order valence-corrected chi connectivity index (χ3v) is 3.09. The van der Waals surface area contributed by atoms with Crippen molar-refractivity contribution in [3.05, 3.63) is 46.9 Å². The Morgan fingerprint density at radius 3 is 2.50 bits per heavy atom. The molecule has 0 bridgehead atoms. The molecule has 0 unspecified atom stereocenters. The van der Waals surface area contributed by atoms with E-state index < -0.39 is 0 Å². The van der Waals surface area contributed by atoms with Crippen LogP contribution in [-0.2, 0) is 12.0 Å². The number of anilines is 1. The Bertz CT molecular complexity index is 674. The summed E-state index contributed by atoms with van der Waals surface area (Å²) >= 11 is 0. The van der Waals surface area contributed by atoms with E-state index in [2.05, 4.69) is 11.2 Å². The average Bonchev–Trinajstić information content (AvgIpc) is 2.69. The second kappa shape index (κ2) is 4.97. The second-order valence-corrected chi connectivity index (χ2v) is 5.72. The van der Waals surface area contributed by atoms with Crippen molar-refractivity contribution < 1.29 is 4.39 Å². The van der Waals surface area contributed by atoms with E-state index in [1.165, 1.54) is 10.7 Å². The molecule has 2 aromatic rings. The highest BCUT2D eigenvalue weighted by Gasteiger charge is 2.25. The van der Waals surface area contributed by atoms with E-state index in [4.69, 9.17) is 5.73 Å². The van der Waals surface area contributed by atoms with Gasteiger partial charge in [-0.25, -0.2) is 9.07 Å². The van der Waals surface area contributed by atoms with E-state index in [9.17, 15) is 9.65 Å². The molecule has 0 aliphatic carbocycles. The van der Waals surface area contributed by atoms with Crippen LogP contribution < -0.4 is 5.73 Å². The molecule has 0 fully saturated rings. The fraction of sp³-hybridized carbons (Fsp3) is 0.333. The fourth-order valence-electron chi connectivity index (χ4n) is 2.02. The molecular formula is C15H17FN4. The van der Waals surface area contributed by atoms with Crippen molar-refractivity contribution in [2.45, 2.75) is 32.7 Å². The Hall–Kier alpha value is -2.35. The van der Waals surface area contributed by atoms with Crippen molar-refractivity contribution in [3.8, 4) is 6.07 Å². The number of hydrogen-bond donors (Lipinski definition) is 1. The number of nitrogen functional groups attached to an aromatic ring is 1. The molecule has 0 radical (unpaired) electrons. The van der Waals surface area contributed by atoms with Gasteiger partial charge < -0.3 is 5.73 Å². The van der Waals surface area contributed by atoms with Gasteiger partial charge in [0.1, 0.15) is 23.3 Å². The van der Waals surface area contributed by atoms with Gasteiger partial charge in [0.05, 0.1) is 12.2 Å². The molecule has 4 nitrogen and oxygen atoms in total. The third-order valence-electron chi connectivity index (χ3n) is 3.09. The van der Waals surface area contributed by atoms with Crippen LogP contribution in [0.1, 0.15) is 37.6 Å². The maximum absolute atomic E-state index is 13.7. The van der Waals surface area contributed by atoms with Crippen LogP contribution in [0, 0.1) is 17.1 Å². The first kappa shape index (κ1) is 14.1. The highest BCUT2D eigenvalue weighted by atomic mass is 19.1. The van der Waals surface area contributed by atoms with E-state index in [0.717, 1.165) is 0 Å². The predicted octanol–water partition coefficient (Wildman–Crippen LogP) is 2.82. The molecule has 0 saturated heterocycles. The number of nitrogens with two attached hydrogens (primary N) is 1. The third kappa shape index (κ3) is 2.50. The topological polar surface area (TPSA) is 67.6 Å². The summed E-state index contributed by atoms with van der Waals surface area (Å²) in [6.07, 6.45) is 0. The summed E-state index contributed by atoms with van der Waals surface area (Å²) in [4.78, 5) is 0. The van der Waals surface area contributed by atoms with Crippen molar-refractivity contribution >= 4 is 5.82 Å². The maximum Gasteiger partial charge on any atom is 0.140 e. The lowest BCUT2D eigenvalue weighted by molar-refractivity contribution is 0.538. The molecule has 0 atom stereocenters. The molecule has 20 heavy (non-hydrogen) atoms. The summed E-state index contributed by atoms with van der Waals surface area (Å²) in [7, 11) is 0. The first-order chi connectivity index (χ1) is 9.34. The number of nitrogens with zero attached hydrogens (tertiary/aromatic N) is 3. The van der Waals surface area contributed by atoms with Crippen LogP contribution >= 0.6 is 0 Å². The first-order valence-corrected chi connectivity index (χ1v) is 6.35. The quantitative estimate of drug-likeness (QED) is 0.914. The van der Waals surface area contributed by atoms with E-state index in [1.54, 1.807) is 18.2 Å². The second-order valence-electron chi connectivity index (χ2n) is 5.72. The minimum Gasteiger partial charge on any atom is -0.383 e. The van der Waals surface area contributed by atoms with E-state index in [-0.39, 0.29) is 23.6 Å². The summed E-state index contributed by atoms with van der Waals surface area (Å²) < 4.78 is 15.2. The molecule has 2 rings (SSSR count). The Morgan fingerprint density at radius 1 is 1.35 bits per heavy atom. The predicted molar refractivity (Wildman–Crippen MR) is 75.6 cm³/mol. The first-order valence-electron chi connectivity index (χ1n) is 6.35. The van der Waals surface area contributed by atoms with Gasteiger partial charge in [-0.1, -0.05) is 39.0 Å². The Labute approximate surface area is 117 Å². The summed E-state index contributed by atoms with van der Waals surface area (Å²) in [5, 5.41) is 13.6. The number of rotatable bonds is 2. The number of aromatic nitrogens is 2. The van der Waals surface area contributed by atoms with Gasteiger partial charge in [0.25, 0.3) is 0 Å². The van der Waals surface area contributed by atoms with E-state index in [1.807, 2.05) is 20.8 Å². The van der Waals surface area contributed by atoms with Crippen LogP contribution in [0.25, 0.3) is 0 Å². The summed E-state index contributed by atoms with van der Waals surface area (Å²) in [5.41, 5.74) is 7.17. The number of halogens is 1. The lowest BCUT2D eigenvalue weighted by Gasteiger charge is -2.15. The largest absolute Gasteiger partial charge is 0.383 e. The number of nitriles is 1. The van der Waals surface area contributed by atoms with Gasteiger partial charge in [-0.3, -0.25) is 0 Å². The minimum atomic E-state index is -0.307. The molecule has 2 N–H and O–H groups in total. The van der Waals surface area contributed by atoms with Gasteiger partial charge in [0.2, 0.25) is 0 Å². The molecule has 104 valence electrons. The summed E-state index contributed by atoms with van der Waals surface area (Å²) in [5.74, 6) is -0.0288. The van der Waals surface area contributed by atoms with Crippen molar-refractivity contribution in [2.75, 3.05) is 5.73 Å². The molecule has 1 heterocycles. The lowest BCUT2D eigenvalue weighted by atomic mass is 9.90. The fourth-order valence-corrected chi connectivity index (χ4v) is 2.02. The van der Waals surface area contributed by atoms with Crippen molar-refractivity contribution in [1.82, 2.24) is 9.78 Å². The molecule has 0 aliphatic rings. The Kier molecular flexibility index (Phi) is 3.49. The van der Waals surface area contributed by atoms with Crippen LogP contribution in [0.5, 0.6) is 0 Å². The van der Waals surface area contributed by atoms with E-state index >= 15 is 0 Å². The zero-order valence-corrected chi connectivity index (χ0v) is 11.8. The molecule has 0 spiro atoms. The molecule has 0 amide bonds. The molecule has 0 aliphatic heterocycles. The molecule has 5 heteroatoms. The summed E-state index contributed by atoms with van der Waals surface area (Å²) in [6.45, 7) is 6.10. The van der Waals surface area contributed by atoms with Crippen molar-refractivity contribution in [1.29, 1.82) is 5.26 Å². The average molecular weight is 272 g/mol. The van der Waals surface area contributed by atoms with Gasteiger partial charge in [-0.2, -0.15) is 10.4 Å². The summed E-state index contributed by atoms with van der Waals surface area (Å²) in [6, 6.07) is 8.55. The van der Waals surface area contributed by atoms with E-state index in [0.29, 0.717) is 16.8 Å². The maximum atomic E-state index is 13.7. The Balaban J connectivity index is 2.47. The highest BCUT2D eigenvalue weighted by Crippen LogP contribution is 2.28. The lowest BCUT2D eigenvalue weighted by Crippen LogP contribution is -2.14. The van der Waals surface area contributed by atoms with Crippen LogP contribution in [0.15, 0.2) is 24.3 Å². The van der Waals surface area contributed by atoms with Gasteiger partial charge in [-0.05, 0) is 6.07 Å². The van der Waals surface area contributed by atoms with Crippen LogP contribution in [0.2, 0.25) is 0 Å². The van der Waals surface area contributed by atoms with Gasteiger partial charge in [-0.15, -0.1) is 0 Å². The number of benzene rings is 1. The van der Waals surface area contributed by atoms with Gasteiger partial charge in [0.15, 0.2) is 0 Å². The SMILES string of the molecule is CC(C)(C)c1nn(Cc2ccccc2F)c(N)c1C#N.